The molecule has 0 fully saturated rings. The Kier molecular flexibility index (Phi) is 7.12. The number of nitrogens with one attached hydrogen (secondary N) is 1. The highest BCUT2D eigenvalue weighted by Crippen LogP contribution is 1.89. The van der Waals surface area contributed by atoms with Crippen LogP contribution >= 0.6 is 0 Å². The molecular formula is C9H17NOS. The van der Waals surface area contributed by atoms with Crippen LogP contribution in [0.2, 0.25) is 0 Å². The summed E-state index contributed by atoms with van der Waals surface area (Å²) in [6, 6.07) is 0. The molecule has 12 heavy (non-hydrogen) atoms. The summed E-state index contributed by atoms with van der Waals surface area (Å²) in [7, 11) is -0.716. The van der Waals surface area contributed by atoms with E-state index in [1.165, 1.54) is 0 Å². The summed E-state index contributed by atoms with van der Waals surface area (Å²) in [5.41, 5.74) is 0. The second-order valence-electron chi connectivity index (χ2n) is 2.69. The molecule has 0 saturated carbocycles. The Bertz CT molecular complexity index is 192. The first-order valence-corrected chi connectivity index (χ1v) is 5.73. The molecule has 3 heteroatoms. The van der Waals surface area contributed by atoms with Gasteiger partial charge >= 0.3 is 0 Å². The molecule has 0 aromatic carbocycles. The summed E-state index contributed by atoms with van der Waals surface area (Å²) in [5.74, 6) is 5.79. The van der Waals surface area contributed by atoms with Crippen LogP contribution in [0.15, 0.2) is 0 Å². The van der Waals surface area contributed by atoms with Gasteiger partial charge in [-0.25, -0.2) is 0 Å². The van der Waals surface area contributed by atoms with Crippen molar-refractivity contribution in [3.05, 3.63) is 0 Å². The second kappa shape index (κ2) is 7.33. The van der Waals surface area contributed by atoms with Gasteiger partial charge in [0.05, 0.1) is 0 Å². The fraction of sp³-hybridized carbons (Fsp3) is 0.778. The van der Waals surface area contributed by atoms with Gasteiger partial charge in [0.15, 0.2) is 0 Å². The first kappa shape index (κ1) is 11.7. The molecule has 0 bridgehead atoms. The maximum Gasteiger partial charge on any atom is 0.0441 e. The van der Waals surface area contributed by atoms with Gasteiger partial charge < -0.3 is 5.32 Å². The van der Waals surface area contributed by atoms with Gasteiger partial charge in [-0.15, -0.1) is 11.8 Å². The number of hydrogen-bond acceptors (Lipinski definition) is 2. The number of rotatable bonds is 5. The van der Waals surface area contributed by atoms with Crippen LogP contribution in [0.25, 0.3) is 0 Å². The molecule has 0 aromatic heterocycles. The van der Waals surface area contributed by atoms with E-state index in [4.69, 9.17) is 0 Å². The van der Waals surface area contributed by atoms with E-state index in [9.17, 15) is 4.21 Å². The molecule has 0 heterocycles. The molecule has 0 saturated heterocycles. The van der Waals surface area contributed by atoms with Gasteiger partial charge in [-0.2, -0.15) is 0 Å². The van der Waals surface area contributed by atoms with Gasteiger partial charge in [0.2, 0.25) is 0 Å². The summed E-state index contributed by atoms with van der Waals surface area (Å²) in [6.45, 7) is 5.52. The fourth-order valence-corrected chi connectivity index (χ4v) is 1.05. The third-order valence-electron chi connectivity index (χ3n) is 1.60. The predicted molar refractivity (Wildman–Crippen MR) is 54.5 cm³/mol. The van der Waals surface area contributed by atoms with E-state index in [0.717, 1.165) is 19.5 Å². The summed E-state index contributed by atoms with van der Waals surface area (Å²) in [6.07, 6.45) is 2.61. The Labute approximate surface area is 77.6 Å². The maximum absolute atomic E-state index is 10.9. The van der Waals surface area contributed by atoms with Crippen molar-refractivity contribution < 1.29 is 4.21 Å². The molecule has 70 valence electrons. The fourth-order valence-electron chi connectivity index (χ4n) is 0.699. The first-order valence-electron chi connectivity index (χ1n) is 4.11. The van der Waals surface area contributed by atoms with Gasteiger partial charge in [-0.1, -0.05) is 0 Å². The van der Waals surface area contributed by atoms with Crippen LogP contribution in [0.4, 0.5) is 0 Å². The van der Waals surface area contributed by atoms with E-state index in [-0.39, 0.29) is 5.25 Å². The van der Waals surface area contributed by atoms with E-state index in [2.05, 4.69) is 17.2 Å². The third kappa shape index (κ3) is 6.38. The van der Waals surface area contributed by atoms with Gasteiger partial charge in [-0.3, -0.25) is 4.21 Å². The average Bonchev–Trinajstić information content (AvgIpc) is 2.03. The van der Waals surface area contributed by atoms with Gasteiger partial charge in [0.25, 0.3) is 0 Å². The van der Waals surface area contributed by atoms with Crippen LogP contribution in [0.1, 0.15) is 20.3 Å². The first-order chi connectivity index (χ1) is 5.68. The molecule has 0 amide bonds. The van der Waals surface area contributed by atoms with Crippen LogP contribution in [-0.4, -0.2) is 28.8 Å². The standard InChI is InChI=1S/C9H17NOS/c1-4-5-6-7-10-8-9(2)12(3)11/h9-10H,6-8H2,1-3H3. The zero-order chi connectivity index (χ0) is 9.40. The van der Waals surface area contributed by atoms with Crippen LogP contribution in [0.3, 0.4) is 0 Å². The lowest BCUT2D eigenvalue weighted by Gasteiger charge is -2.07. The SMILES string of the molecule is CC#CCCNCC(C)S(C)=O. The quantitative estimate of drug-likeness (QED) is 0.508. The highest BCUT2D eigenvalue weighted by Gasteiger charge is 2.03. The van der Waals surface area contributed by atoms with Crippen molar-refractivity contribution in [1.29, 1.82) is 0 Å². The van der Waals surface area contributed by atoms with E-state index in [1.807, 2.05) is 13.8 Å². The molecule has 0 rings (SSSR count). The van der Waals surface area contributed by atoms with Crippen molar-refractivity contribution >= 4 is 10.8 Å². The summed E-state index contributed by atoms with van der Waals surface area (Å²) < 4.78 is 10.9. The molecule has 0 aliphatic rings. The van der Waals surface area contributed by atoms with Crippen molar-refractivity contribution in [2.45, 2.75) is 25.5 Å². The third-order valence-corrected chi connectivity index (χ3v) is 2.90. The average molecular weight is 187 g/mol. The lowest BCUT2D eigenvalue weighted by atomic mass is 10.4. The van der Waals surface area contributed by atoms with Crippen LogP contribution < -0.4 is 5.32 Å². The topological polar surface area (TPSA) is 29.1 Å². The van der Waals surface area contributed by atoms with Crippen molar-refractivity contribution in [2.24, 2.45) is 0 Å². The molecule has 0 aliphatic heterocycles. The summed E-state index contributed by atoms with van der Waals surface area (Å²) >= 11 is 0. The van der Waals surface area contributed by atoms with Gasteiger partial charge in [0, 0.05) is 41.8 Å². The molecule has 0 aliphatic carbocycles. The van der Waals surface area contributed by atoms with Gasteiger partial charge in [-0.05, 0) is 13.8 Å². The van der Waals surface area contributed by atoms with Crippen LogP contribution in [0, 0.1) is 11.8 Å². The highest BCUT2D eigenvalue weighted by atomic mass is 32.2. The van der Waals surface area contributed by atoms with E-state index in [1.54, 1.807) is 6.26 Å². The largest absolute Gasteiger partial charge is 0.315 e. The molecule has 0 radical (unpaired) electrons. The van der Waals surface area contributed by atoms with Crippen molar-refractivity contribution in [3.8, 4) is 11.8 Å². The smallest absolute Gasteiger partial charge is 0.0441 e. The minimum absolute atomic E-state index is 0.236. The molecule has 0 aromatic rings. The Morgan fingerprint density at radius 2 is 2.25 bits per heavy atom. The maximum atomic E-state index is 10.9. The van der Waals surface area contributed by atoms with Crippen LogP contribution in [-0.2, 0) is 10.8 Å². The van der Waals surface area contributed by atoms with Crippen molar-refractivity contribution in [2.75, 3.05) is 19.3 Å². The zero-order valence-corrected chi connectivity index (χ0v) is 8.83. The molecule has 1 N–H and O–H groups in total. The summed E-state index contributed by atoms with van der Waals surface area (Å²) in [5, 5.41) is 3.44. The minimum atomic E-state index is -0.716. The Balaban J connectivity index is 3.29. The molecule has 2 unspecified atom stereocenters. The molecule has 2 atom stereocenters. The molecule has 0 spiro atoms. The monoisotopic (exact) mass is 187 g/mol. The van der Waals surface area contributed by atoms with E-state index in [0.29, 0.717) is 0 Å². The highest BCUT2D eigenvalue weighted by molar-refractivity contribution is 7.84. The predicted octanol–water partition coefficient (Wildman–Crippen LogP) is 0.756. The van der Waals surface area contributed by atoms with Crippen molar-refractivity contribution in [1.82, 2.24) is 5.32 Å². The second-order valence-corrected chi connectivity index (χ2v) is 4.49. The normalized spacial score (nSPS) is 14.6. The van der Waals surface area contributed by atoms with Crippen molar-refractivity contribution in [3.63, 3.8) is 0 Å². The lowest BCUT2D eigenvalue weighted by Crippen LogP contribution is -2.28. The Morgan fingerprint density at radius 1 is 1.58 bits per heavy atom. The van der Waals surface area contributed by atoms with E-state index >= 15 is 0 Å². The Hall–Kier alpha value is -0.330. The van der Waals surface area contributed by atoms with E-state index < -0.39 is 10.8 Å². The minimum Gasteiger partial charge on any atom is -0.315 e. The number of hydrogen-bond donors (Lipinski definition) is 1. The van der Waals surface area contributed by atoms with Crippen LogP contribution in [0.5, 0.6) is 0 Å². The Morgan fingerprint density at radius 3 is 2.75 bits per heavy atom. The van der Waals surface area contributed by atoms with Gasteiger partial charge in [0.1, 0.15) is 0 Å². The summed E-state index contributed by atoms with van der Waals surface area (Å²) in [4.78, 5) is 0. The zero-order valence-electron chi connectivity index (χ0n) is 8.02. The lowest BCUT2D eigenvalue weighted by molar-refractivity contribution is 0.651. The molecular weight excluding hydrogens is 170 g/mol. The molecule has 2 nitrogen and oxygen atoms in total.